The SMILES string of the molecule is CCCn1nccc1C(=O)N1CCCC[C@H]1c1cccc(F)c1. The van der Waals surface area contributed by atoms with Gasteiger partial charge in [-0.1, -0.05) is 19.1 Å². The number of rotatable bonds is 4. The number of likely N-dealkylation sites (tertiary alicyclic amines) is 1. The van der Waals surface area contributed by atoms with Crippen LogP contribution in [-0.2, 0) is 6.54 Å². The Labute approximate surface area is 135 Å². The molecule has 5 heteroatoms. The van der Waals surface area contributed by atoms with Crippen LogP contribution in [0.25, 0.3) is 0 Å². The van der Waals surface area contributed by atoms with E-state index in [2.05, 4.69) is 12.0 Å². The fraction of sp³-hybridized carbons (Fsp3) is 0.444. The molecule has 4 nitrogen and oxygen atoms in total. The molecule has 1 atom stereocenters. The molecule has 0 saturated carbocycles. The van der Waals surface area contributed by atoms with Crippen LogP contribution in [0.3, 0.4) is 0 Å². The first-order chi connectivity index (χ1) is 11.2. The fourth-order valence-corrected chi connectivity index (χ4v) is 3.29. The van der Waals surface area contributed by atoms with Crippen molar-refractivity contribution in [1.29, 1.82) is 0 Å². The second kappa shape index (κ2) is 6.94. The van der Waals surface area contributed by atoms with Crippen LogP contribution in [-0.4, -0.2) is 27.1 Å². The Kier molecular flexibility index (Phi) is 4.74. The van der Waals surface area contributed by atoms with Gasteiger partial charge in [0.2, 0.25) is 0 Å². The summed E-state index contributed by atoms with van der Waals surface area (Å²) in [6.07, 6.45) is 5.51. The quantitative estimate of drug-likeness (QED) is 0.860. The molecule has 0 bridgehead atoms. The van der Waals surface area contributed by atoms with Gasteiger partial charge in [0, 0.05) is 19.3 Å². The highest BCUT2D eigenvalue weighted by Gasteiger charge is 2.30. The van der Waals surface area contributed by atoms with E-state index in [4.69, 9.17) is 0 Å². The molecule has 0 aliphatic carbocycles. The topological polar surface area (TPSA) is 38.1 Å². The molecule has 2 heterocycles. The van der Waals surface area contributed by atoms with Crippen LogP contribution in [0.2, 0.25) is 0 Å². The third-order valence-electron chi connectivity index (χ3n) is 4.37. The number of aryl methyl sites for hydroxylation is 1. The molecular weight excluding hydrogens is 293 g/mol. The Morgan fingerprint density at radius 1 is 1.35 bits per heavy atom. The summed E-state index contributed by atoms with van der Waals surface area (Å²) < 4.78 is 15.3. The van der Waals surface area contributed by atoms with E-state index in [1.54, 1.807) is 29.1 Å². The fourth-order valence-electron chi connectivity index (χ4n) is 3.29. The zero-order valence-electron chi connectivity index (χ0n) is 13.4. The first-order valence-corrected chi connectivity index (χ1v) is 8.29. The molecule has 23 heavy (non-hydrogen) atoms. The number of halogens is 1. The summed E-state index contributed by atoms with van der Waals surface area (Å²) in [6, 6.07) is 8.31. The molecule has 1 saturated heterocycles. The van der Waals surface area contributed by atoms with Crippen molar-refractivity contribution in [2.45, 2.75) is 45.2 Å². The highest BCUT2D eigenvalue weighted by molar-refractivity contribution is 5.92. The predicted octanol–water partition coefficient (Wildman–Crippen LogP) is 3.80. The van der Waals surface area contributed by atoms with Crippen molar-refractivity contribution in [2.75, 3.05) is 6.54 Å². The molecule has 1 aromatic carbocycles. The lowest BCUT2D eigenvalue weighted by Gasteiger charge is -2.36. The van der Waals surface area contributed by atoms with Crippen LogP contribution < -0.4 is 0 Å². The predicted molar refractivity (Wildman–Crippen MR) is 86.5 cm³/mol. The van der Waals surface area contributed by atoms with Crippen LogP contribution in [0.5, 0.6) is 0 Å². The van der Waals surface area contributed by atoms with Gasteiger partial charge in [-0.25, -0.2) is 4.39 Å². The van der Waals surface area contributed by atoms with Gasteiger partial charge in [-0.05, 0) is 49.4 Å². The number of hydrogen-bond acceptors (Lipinski definition) is 2. The van der Waals surface area contributed by atoms with Gasteiger partial charge < -0.3 is 4.90 Å². The number of benzene rings is 1. The molecule has 3 rings (SSSR count). The highest BCUT2D eigenvalue weighted by atomic mass is 19.1. The molecule has 122 valence electrons. The number of aromatic nitrogens is 2. The van der Waals surface area contributed by atoms with Gasteiger partial charge in [0.25, 0.3) is 5.91 Å². The summed E-state index contributed by atoms with van der Waals surface area (Å²) >= 11 is 0. The zero-order valence-corrected chi connectivity index (χ0v) is 13.4. The van der Waals surface area contributed by atoms with E-state index < -0.39 is 0 Å². The number of hydrogen-bond donors (Lipinski definition) is 0. The molecule has 1 aliphatic rings. The van der Waals surface area contributed by atoms with E-state index in [0.29, 0.717) is 12.2 Å². The largest absolute Gasteiger partial charge is 0.330 e. The molecule has 0 N–H and O–H groups in total. The summed E-state index contributed by atoms with van der Waals surface area (Å²) in [6.45, 7) is 3.50. The van der Waals surface area contributed by atoms with Crippen molar-refractivity contribution < 1.29 is 9.18 Å². The Hall–Kier alpha value is -2.17. The van der Waals surface area contributed by atoms with Crippen molar-refractivity contribution in [2.24, 2.45) is 0 Å². The second-order valence-electron chi connectivity index (χ2n) is 6.00. The minimum Gasteiger partial charge on any atom is -0.330 e. The average molecular weight is 315 g/mol. The minimum atomic E-state index is -0.253. The Morgan fingerprint density at radius 2 is 2.22 bits per heavy atom. The zero-order chi connectivity index (χ0) is 16.2. The van der Waals surface area contributed by atoms with Crippen molar-refractivity contribution >= 4 is 5.91 Å². The molecule has 1 amide bonds. The molecule has 1 aliphatic heterocycles. The summed E-state index contributed by atoms with van der Waals surface area (Å²) in [5.74, 6) is -0.263. The first kappa shape index (κ1) is 15.7. The van der Waals surface area contributed by atoms with Crippen LogP contribution in [0, 0.1) is 5.82 Å². The average Bonchev–Trinajstić information content (AvgIpc) is 3.03. The number of carbonyl (C=O) groups excluding carboxylic acids is 1. The monoisotopic (exact) mass is 315 g/mol. The second-order valence-corrected chi connectivity index (χ2v) is 6.00. The first-order valence-electron chi connectivity index (χ1n) is 8.29. The molecule has 1 fully saturated rings. The summed E-state index contributed by atoms with van der Waals surface area (Å²) in [4.78, 5) is 14.9. The van der Waals surface area contributed by atoms with Gasteiger partial charge in [0.05, 0.1) is 6.04 Å². The molecular formula is C18H22FN3O. The summed E-state index contributed by atoms with van der Waals surface area (Å²) in [7, 11) is 0. The van der Waals surface area contributed by atoms with Crippen LogP contribution >= 0.6 is 0 Å². The van der Waals surface area contributed by atoms with Crippen molar-refractivity contribution in [3.05, 3.63) is 53.6 Å². The number of nitrogens with zero attached hydrogens (tertiary/aromatic N) is 3. The molecule has 1 aromatic heterocycles. The van der Waals surface area contributed by atoms with Crippen molar-refractivity contribution in [3.63, 3.8) is 0 Å². The Balaban J connectivity index is 1.89. The molecule has 0 radical (unpaired) electrons. The third kappa shape index (κ3) is 3.28. The standard InChI is InChI=1S/C18H22FN3O/c1-2-11-22-17(9-10-20-22)18(23)21-12-4-3-8-16(21)14-6-5-7-15(19)13-14/h5-7,9-10,13,16H,2-4,8,11-12H2,1H3/t16-/m0/s1. The lowest BCUT2D eigenvalue weighted by atomic mass is 9.95. The van der Waals surface area contributed by atoms with Crippen LogP contribution in [0.15, 0.2) is 36.5 Å². The lowest BCUT2D eigenvalue weighted by Crippen LogP contribution is -2.39. The van der Waals surface area contributed by atoms with Gasteiger partial charge in [-0.2, -0.15) is 5.10 Å². The molecule has 0 spiro atoms. The lowest BCUT2D eigenvalue weighted by molar-refractivity contribution is 0.0598. The number of piperidine rings is 1. The highest BCUT2D eigenvalue weighted by Crippen LogP contribution is 2.32. The smallest absolute Gasteiger partial charge is 0.272 e. The number of carbonyl (C=O) groups is 1. The van der Waals surface area contributed by atoms with Gasteiger partial charge in [-0.3, -0.25) is 9.48 Å². The van der Waals surface area contributed by atoms with E-state index in [9.17, 15) is 9.18 Å². The van der Waals surface area contributed by atoms with E-state index in [1.807, 2.05) is 11.0 Å². The van der Waals surface area contributed by atoms with Crippen LogP contribution in [0.4, 0.5) is 4.39 Å². The van der Waals surface area contributed by atoms with Gasteiger partial charge in [0.1, 0.15) is 11.5 Å². The Morgan fingerprint density at radius 3 is 3.00 bits per heavy atom. The van der Waals surface area contributed by atoms with Gasteiger partial charge >= 0.3 is 0 Å². The van der Waals surface area contributed by atoms with E-state index in [-0.39, 0.29) is 17.8 Å². The maximum Gasteiger partial charge on any atom is 0.272 e. The van der Waals surface area contributed by atoms with Gasteiger partial charge in [0.15, 0.2) is 0 Å². The molecule has 2 aromatic rings. The molecule has 0 unspecified atom stereocenters. The number of amides is 1. The van der Waals surface area contributed by atoms with Crippen LogP contribution in [0.1, 0.15) is 54.7 Å². The van der Waals surface area contributed by atoms with E-state index >= 15 is 0 Å². The Bertz CT molecular complexity index is 682. The maximum atomic E-state index is 13.6. The summed E-state index contributed by atoms with van der Waals surface area (Å²) in [5, 5.41) is 4.24. The van der Waals surface area contributed by atoms with Crippen molar-refractivity contribution in [1.82, 2.24) is 14.7 Å². The van der Waals surface area contributed by atoms with Gasteiger partial charge in [-0.15, -0.1) is 0 Å². The summed E-state index contributed by atoms with van der Waals surface area (Å²) in [5.41, 5.74) is 1.50. The normalized spacial score (nSPS) is 18.2. The maximum absolute atomic E-state index is 13.6. The van der Waals surface area contributed by atoms with Crippen molar-refractivity contribution in [3.8, 4) is 0 Å². The van der Waals surface area contributed by atoms with E-state index in [0.717, 1.165) is 37.8 Å². The minimum absolute atomic E-state index is 0.00934. The van der Waals surface area contributed by atoms with E-state index in [1.165, 1.54) is 6.07 Å². The third-order valence-corrected chi connectivity index (χ3v) is 4.37.